The predicted octanol–water partition coefficient (Wildman–Crippen LogP) is 6.69. The van der Waals surface area contributed by atoms with Crippen LogP contribution in [0.5, 0.6) is 0 Å². The van der Waals surface area contributed by atoms with Crippen LogP contribution in [-0.4, -0.2) is 11.8 Å². The highest BCUT2D eigenvalue weighted by molar-refractivity contribution is 7.17. The van der Waals surface area contributed by atoms with Gasteiger partial charge in [-0.05, 0) is 112 Å². The summed E-state index contributed by atoms with van der Waals surface area (Å²) in [6, 6.07) is 7.17. The molecular formula is C26H29ClN2O2S. The Hall–Kier alpha value is -1.85. The summed E-state index contributed by atoms with van der Waals surface area (Å²) in [5.74, 6) is 2.19. The second kappa shape index (κ2) is 7.88. The van der Waals surface area contributed by atoms with Gasteiger partial charge >= 0.3 is 0 Å². The molecule has 2 aromatic rings. The molecule has 0 unspecified atom stereocenters. The zero-order chi connectivity index (χ0) is 21.9. The van der Waals surface area contributed by atoms with Crippen LogP contribution in [0.15, 0.2) is 24.3 Å². The van der Waals surface area contributed by atoms with E-state index in [1.807, 2.05) is 12.1 Å². The minimum atomic E-state index is -0.219. The maximum absolute atomic E-state index is 13.7. The maximum Gasteiger partial charge on any atom is 0.258 e. The number of amides is 2. The van der Waals surface area contributed by atoms with E-state index in [0.29, 0.717) is 16.3 Å². The van der Waals surface area contributed by atoms with Crippen molar-refractivity contribution in [1.82, 2.24) is 0 Å². The Morgan fingerprint density at radius 2 is 1.53 bits per heavy atom. The Balaban J connectivity index is 1.29. The maximum atomic E-state index is 13.7. The van der Waals surface area contributed by atoms with Crippen LogP contribution in [0.3, 0.4) is 0 Å². The van der Waals surface area contributed by atoms with Gasteiger partial charge in [-0.1, -0.05) is 11.6 Å². The molecule has 0 aliphatic heterocycles. The molecular weight excluding hydrogens is 440 g/mol. The van der Waals surface area contributed by atoms with Gasteiger partial charge in [0.25, 0.3) is 5.91 Å². The SMILES string of the molecule is O=C(Nc1ccc(Cl)cc1)c1c(NC(=O)C23CC4CC(CC(C4)C2)C3)sc2c1CCCC2. The highest BCUT2D eigenvalue weighted by Gasteiger charge is 2.54. The van der Waals surface area contributed by atoms with Crippen LogP contribution in [0.25, 0.3) is 0 Å². The fourth-order valence-electron chi connectivity index (χ4n) is 7.25. The summed E-state index contributed by atoms with van der Waals surface area (Å²) < 4.78 is 0. The van der Waals surface area contributed by atoms with Crippen LogP contribution < -0.4 is 10.6 Å². The van der Waals surface area contributed by atoms with E-state index in [0.717, 1.165) is 73.3 Å². The molecule has 1 aromatic carbocycles. The van der Waals surface area contributed by atoms with Crippen LogP contribution in [-0.2, 0) is 17.6 Å². The third kappa shape index (κ3) is 3.58. The standard InChI is InChI=1S/C26H29ClN2O2S/c27-18-5-7-19(8-6-18)28-23(30)22-20-3-1-2-4-21(20)32-24(22)29-25(31)26-12-15-9-16(13-26)11-17(10-15)14-26/h5-8,15-17H,1-4,9-14H2,(H,28,30)(H,29,31). The molecule has 6 heteroatoms. The molecule has 1 aromatic heterocycles. The first-order chi connectivity index (χ1) is 15.5. The fourth-order valence-corrected chi connectivity index (χ4v) is 8.65. The van der Waals surface area contributed by atoms with Crippen LogP contribution in [0.4, 0.5) is 10.7 Å². The average Bonchev–Trinajstić information content (AvgIpc) is 3.12. The number of rotatable bonds is 4. The van der Waals surface area contributed by atoms with E-state index >= 15 is 0 Å². The molecule has 0 saturated heterocycles. The molecule has 2 N–H and O–H groups in total. The van der Waals surface area contributed by atoms with Crippen molar-refractivity contribution in [3.8, 4) is 0 Å². The number of carbonyl (C=O) groups excluding carboxylic acids is 2. The van der Waals surface area contributed by atoms with E-state index in [9.17, 15) is 9.59 Å². The molecule has 0 radical (unpaired) electrons. The molecule has 2 amide bonds. The van der Waals surface area contributed by atoms with Crippen molar-refractivity contribution < 1.29 is 9.59 Å². The lowest BCUT2D eigenvalue weighted by molar-refractivity contribution is -0.140. The molecule has 32 heavy (non-hydrogen) atoms. The van der Waals surface area contributed by atoms with Crippen molar-refractivity contribution in [3.63, 3.8) is 0 Å². The van der Waals surface area contributed by atoms with E-state index < -0.39 is 0 Å². The molecule has 0 atom stereocenters. The lowest BCUT2D eigenvalue weighted by Crippen LogP contribution is -2.51. The Morgan fingerprint density at radius 3 is 2.19 bits per heavy atom. The molecule has 4 saturated carbocycles. The number of carbonyl (C=O) groups is 2. The molecule has 4 nitrogen and oxygen atoms in total. The van der Waals surface area contributed by atoms with Crippen LogP contribution >= 0.6 is 22.9 Å². The van der Waals surface area contributed by atoms with Crippen LogP contribution in [0.2, 0.25) is 5.02 Å². The van der Waals surface area contributed by atoms with Gasteiger partial charge in [-0.25, -0.2) is 0 Å². The highest BCUT2D eigenvalue weighted by Crippen LogP contribution is 2.60. The van der Waals surface area contributed by atoms with Gasteiger partial charge in [-0.2, -0.15) is 0 Å². The molecule has 1 heterocycles. The minimum Gasteiger partial charge on any atom is -0.322 e. The fraction of sp³-hybridized carbons (Fsp3) is 0.538. The van der Waals surface area contributed by atoms with E-state index in [1.54, 1.807) is 23.5 Å². The van der Waals surface area contributed by atoms with Crippen LogP contribution in [0.1, 0.15) is 72.2 Å². The number of hydrogen-bond acceptors (Lipinski definition) is 3. The molecule has 4 fully saturated rings. The van der Waals surface area contributed by atoms with E-state index in [2.05, 4.69) is 10.6 Å². The van der Waals surface area contributed by atoms with Gasteiger partial charge < -0.3 is 10.6 Å². The summed E-state index contributed by atoms with van der Waals surface area (Å²) >= 11 is 7.62. The Bertz CT molecular complexity index is 1040. The molecule has 7 rings (SSSR count). The molecule has 168 valence electrons. The largest absolute Gasteiger partial charge is 0.322 e. The van der Waals surface area contributed by atoms with E-state index in [1.165, 1.54) is 24.1 Å². The first-order valence-corrected chi connectivity index (χ1v) is 13.2. The third-order valence-electron chi connectivity index (χ3n) is 8.25. The summed E-state index contributed by atoms with van der Waals surface area (Å²) in [5, 5.41) is 7.72. The topological polar surface area (TPSA) is 58.2 Å². The lowest BCUT2D eigenvalue weighted by Gasteiger charge is -2.55. The minimum absolute atomic E-state index is 0.132. The zero-order valence-corrected chi connectivity index (χ0v) is 19.8. The monoisotopic (exact) mass is 468 g/mol. The smallest absolute Gasteiger partial charge is 0.258 e. The van der Waals surface area contributed by atoms with Crippen molar-refractivity contribution in [2.24, 2.45) is 23.2 Å². The van der Waals surface area contributed by atoms with Gasteiger partial charge in [0, 0.05) is 15.6 Å². The molecule has 0 spiro atoms. The Labute approximate surface area is 198 Å². The van der Waals surface area contributed by atoms with Gasteiger partial charge in [0.05, 0.1) is 11.0 Å². The summed E-state index contributed by atoms with van der Waals surface area (Å²) in [6.45, 7) is 0. The first-order valence-electron chi connectivity index (χ1n) is 12.0. The number of benzene rings is 1. The molecule has 4 bridgehead atoms. The van der Waals surface area contributed by atoms with Crippen molar-refractivity contribution in [2.45, 2.75) is 64.2 Å². The van der Waals surface area contributed by atoms with Crippen LogP contribution in [0, 0.1) is 23.2 Å². The predicted molar refractivity (Wildman–Crippen MR) is 130 cm³/mol. The number of nitrogens with one attached hydrogen (secondary N) is 2. The number of anilines is 2. The normalized spacial score (nSPS) is 30.1. The number of fused-ring (bicyclic) bond motifs is 1. The summed E-state index contributed by atoms with van der Waals surface area (Å²) in [6.07, 6.45) is 11.2. The van der Waals surface area contributed by atoms with E-state index in [4.69, 9.17) is 11.6 Å². The molecule has 5 aliphatic rings. The zero-order valence-electron chi connectivity index (χ0n) is 18.2. The van der Waals surface area contributed by atoms with Gasteiger partial charge in [-0.3, -0.25) is 9.59 Å². The van der Waals surface area contributed by atoms with Gasteiger partial charge in [0.15, 0.2) is 0 Å². The number of aryl methyl sites for hydroxylation is 1. The first kappa shape index (κ1) is 20.7. The Kier molecular flexibility index (Phi) is 5.10. The van der Waals surface area contributed by atoms with Crippen molar-refractivity contribution in [1.29, 1.82) is 0 Å². The van der Waals surface area contributed by atoms with E-state index in [-0.39, 0.29) is 17.2 Å². The summed E-state index contributed by atoms with van der Waals surface area (Å²) in [4.78, 5) is 28.4. The number of halogens is 1. The van der Waals surface area contributed by atoms with Gasteiger partial charge in [-0.15, -0.1) is 11.3 Å². The summed E-state index contributed by atoms with van der Waals surface area (Å²) in [7, 11) is 0. The summed E-state index contributed by atoms with van der Waals surface area (Å²) in [5.41, 5.74) is 2.31. The molecule has 5 aliphatic carbocycles. The average molecular weight is 469 g/mol. The Morgan fingerprint density at radius 1 is 0.906 bits per heavy atom. The van der Waals surface area contributed by atoms with Crippen molar-refractivity contribution in [3.05, 3.63) is 45.3 Å². The third-order valence-corrected chi connectivity index (χ3v) is 9.71. The number of hydrogen-bond donors (Lipinski definition) is 2. The quantitative estimate of drug-likeness (QED) is 0.525. The van der Waals surface area contributed by atoms with Gasteiger partial charge in [0.1, 0.15) is 5.00 Å². The van der Waals surface area contributed by atoms with Crippen molar-refractivity contribution in [2.75, 3.05) is 10.6 Å². The number of thiophene rings is 1. The van der Waals surface area contributed by atoms with Gasteiger partial charge in [0.2, 0.25) is 5.91 Å². The van der Waals surface area contributed by atoms with Crippen molar-refractivity contribution >= 4 is 45.4 Å². The highest BCUT2D eigenvalue weighted by atomic mass is 35.5. The second-order valence-electron chi connectivity index (χ2n) is 10.5. The lowest BCUT2D eigenvalue weighted by atomic mass is 9.49. The second-order valence-corrected chi connectivity index (χ2v) is 12.1.